The maximum atomic E-state index is 13.1. The molecule has 0 radical (unpaired) electrons. The van der Waals surface area contributed by atoms with E-state index in [0.29, 0.717) is 17.9 Å². The van der Waals surface area contributed by atoms with Crippen molar-refractivity contribution in [3.05, 3.63) is 63.9 Å². The van der Waals surface area contributed by atoms with E-state index in [1.165, 1.54) is 6.07 Å². The molecule has 1 nitrogen and oxygen atoms in total. The molecule has 2 aromatic carbocycles. The fourth-order valence-electron chi connectivity index (χ4n) is 1.48. The lowest BCUT2D eigenvalue weighted by Gasteiger charge is -2.08. The first-order valence-electron chi connectivity index (χ1n) is 5.29. The summed E-state index contributed by atoms with van der Waals surface area (Å²) < 4.78 is 19.7. The molecule has 0 aliphatic carbocycles. The first-order chi connectivity index (χ1) is 8.16. The summed E-state index contributed by atoms with van der Waals surface area (Å²) in [6.45, 7) is 2.19. The van der Waals surface area contributed by atoms with Crippen LogP contribution in [0.2, 0.25) is 0 Å². The summed E-state index contributed by atoms with van der Waals surface area (Å²) in [4.78, 5) is 0. The Balaban J connectivity index is 2.08. The van der Waals surface area contributed by atoms with Crippen LogP contribution in [0, 0.1) is 12.7 Å². The zero-order valence-electron chi connectivity index (χ0n) is 9.41. The van der Waals surface area contributed by atoms with Gasteiger partial charge in [-0.2, -0.15) is 0 Å². The van der Waals surface area contributed by atoms with Crippen LogP contribution in [0.15, 0.2) is 46.9 Å². The smallest absolute Gasteiger partial charge is 0.126 e. The molecule has 0 saturated heterocycles. The molecule has 3 heteroatoms. The molecule has 0 bridgehead atoms. The fourth-order valence-corrected chi connectivity index (χ4v) is 1.88. The third-order valence-corrected chi connectivity index (χ3v) is 3.26. The number of aryl methyl sites for hydroxylation is 1. The highest BCUT2D eigenvalue weighted by atomic mass is 79.9. The molecule has 0 unspecified atom stereocenters. The monoisotopic (exact) mass is 294 g/mol. The van der Waals surface area contributed by atoms with E-state index >= 15 is 0 Å². The molecule has 0 heterocycles. The lowest BCUT2D eigenvalue weighted by Crippen LogP contribution is -1.97. The van der Waals surface area contributed by atoms with Crippen molar-refractivity contribution >= 4 is 15.9 Å². The van der Waals surface area contributed by atoms with Crippen LogP contribution in [0.4, 0.5) is 4.39 Å². The predicted molar refractivity (Wildman–Crippen MR) is 69.6 cm³/mol. The Morgan fingerprint density at radius 2 is 1.94 bits per heavy atom. The van der Waals surface area contributed by atoms with Gasteiger partial charge in [-0.25, -0.2) is 4.39 Å². The SMILES string of the molecule is Cc1cc(OCc2ccccc2Br)ccc1F. The molecule has 88 valence electrons. The average molecular weight is 295 g/mol. The highest BCUT2D eigenvalue weighted by Crippen LogP contribution is 2.20. The van der Waals surface area contributed by atoms with Gasteiger partial charge in [0.25, 0.3) is 0 Å². The number of benzene rings is 2. The lowest BCUT2D eigenvalue weighted by molar-refractivity contribution is 0.304. The summed E-state index contributed by atoms with van der Waals surface area (Å²) in [6, 6.07) is 12.6. The van der Waals surface area contributed by atoms with E-state index in [2.05, 4.69) is 15.9 Å². The summed E-state index contributed by atoms with van der Waals surface area (Å²) in [5.41, 5.74) is 1.66. The topological polar surface area (TPSA) is 9.23 Å². The number of hydrogen-bond donors (Lipinski definition) is 0. The van der Waals surface area contributed by atoms with Gasteiger partial charge in [-0.05, 0) is 36.8 Å². The molecule has 0 aliphatic heterocycles. The molecule has 0 spiro atoms. The number of rotatable bonds is 3. The van der Waals surface area contributed by atoms with Gasteiger partial charge >= 0.3 is 0 Å². The van der Waals surface area contributed by atoms with E-state index in [-0.39, 0.29) is 5.82 Å². The summed E-state index contributed by atoms with van der Waals surface area (Å²) in [5, 5.41) is 0. The summed E-state index contributed by atoms with van der Waals surface area (Å²) in [7, 11) is 0. The maximum absolute atomic E-state index is 13.1. The summed E-state index contributed by atoms with van der Waals surface area (Å²) in [5.74, 6) is 0.470. The molecule has 0 atom stereocenters. The highest BCUT2D eigenvalue weighted by Gasteiger charge is 2.02. The number of ether oxygens (including phenoxy) is 1. The maximum Gasteiger partial charge on any atom is 0.126 e. The van der Waals surface area contributed by atoms with Crippen molar-refractivity contribution in [3.63, 3.8) is 0 Å². The fraction of sp³-hybridized carbons (Fsp3) is 0.143. The first kappa shape index (κ1) is 12.1. The van der Waals surface area contributed by atoms with Gasteiger partial charge in [0.2, 0.25) is 0 Å². The molecule has 0 aliphatic rings. The summed E-state index contributed by atoms with van der Waals surface area (Å²) in [6.07, 6.45) is 0. The number of hydrogen-bond acceptors (Lipinski definition) is 1. The van der Waals surface area contributed by atoms with Gasteiger partial charge in [-0.3, -0.25) is 0 Å². The lowest BCUT2D eigenvalue weighted by atomic mass is 10.2. The molecule has 0 saturated carbocycles. The molecule has 17 heavy (non-hydrogen) atoms. The third-order valence-electron chi connectivity index (χ3n) is 2.48. The van der Waals surface area contributed by atoms with Crippen molar-refractivity contribution in [2.75, 3.05) is 0 Å². The second kappa shape index (κ2) is 5.32. The Kier molecular flexibility index (Phi) is 3.79. The van der Waals surface area contributed by atoms with Crippen molar-refractivity contribution in [3.8, 4) is 5.75 Å². The Bertz CT molecular complexity index is 525. The van der Waals surface area contributed by atoms with E-state index in [0.717, 1.165) is 10.0 Å². The van der Waals surface area contributed by atoms with E-state index in [1.807, 2.05) is 24.3 Å². The van der Waals surface area contributed by atoms with Crippen molar-refractivity contribution in [2.45, 2.75) is 13.5 Å². The molecule has 0 aromatic heterocycles. The van der Waals surface area contributed by atoms with Crippen molar-refractivity contribution in [2.24, 2.45) is 0 Å². The number of halogens is 2. The Hall–Kier alpha value is -1.35. The van der Waals surface area contributed by atoms with Crippen molar-refractivity contribution in [1.29, 1.82) is 0 Å². The van der Waals surface area contributed by atoms with E-state index in [4.69, 9.17) is 4.74 Å². The molecule has 0 amide bonds. The van der Waals surface area contributed by atoms with Gasteiger partial charge in [0.1, 0.15) is 18.2 Å². The minimum Gasteiger partial charge on any atom is -0.489 e. The molecule has 2 aromatic rings. The van der Waals surface area contributed by atoms with Crippen LogP contribution in [0.1, 0.15) is 11.1 Å². The quantitative estimate of drug-likeness (QED) is 0.811. The van der Waals surface area contributed by atoms with E-state index in [1.54, 1.807) is 19.1 Å². The molecule has 0 N–H and O–H groups in total. The van der Waals surface area contributed by atoms with Gasteiger partial charge in [0.05, 0.1) is 0 Å². The zero-order valence-corrected chi connectivity index (χ0v) is 11.0. The zero-order chi connectivity index (χ0) is 12.3. The van der Waals surface area contributed by atoms with Crippen molar-refractivity contribution < 1.29 is 9.13 Å². The molecular formula is C14H12BrFO. The van der Waals surface area contributed by atoms with Crippen LogP contribution in [0.25, 0.3) is 0 Å². The Morgan fingerprint density at radius 1 is 1.18 bits per heavy atom. The van der Waals surface area contributed by atoms with E-state index in [9.17, 15) is 4.39 Å². The molecular weight excluding hydrogens is 283 g/mol. The van der Waals surface area contributed by atoms with Gasteiger partial charge in [-0.15, -0.1) is 0 Å². The van der Waals surface area contributed by atoms with Crippen LogP contribution in [-0.2, 0) is 6.61 Å². The van der Waals surface area contributed by atoms with Crippen LogP contribution in [0.5, 0.6) is 5.75 Å². The minimum absolute atomic E-state index is 0.210. The Morgan fingerprint density at radius 3 is 2.65 bits per heavy atom. The molecule has 2 rings (SSSR count). The standard InChI is InChI=1S/C14H12BrFO/c1-10-8-12(6-7-14(10)16)17-9-11-4-2-3-5-13(11)15/h2-8H,9H2,1H3. The molecule has 0 fully saturated rings. The highest BCUT2D eigenvalue weighted by molar-refractivity contribution is 9.10. The normalized spacial score (nSPS) is 10.3. The minimum atomic E-state index is -0.210. The summed E-state index contributed by atoms with van der Waals surface area (Å²) >= 11 is 3.46. The van der Waals surface area contributed by atoms with Crippen molar-refractivity contribution in [1.82, 2.24) is 0 Å². The van der Waals surface area contributed by atoms with E-state index < -0.39 is 0 Å². The Labute approximate surface area is 108 Å². The van der Waals surface area contributed by atoms with Crippen LogP contribution < -0.4 is 4.74 Å². The first-order valence-corrected chi connectivity index (χ1v) is 6.08. The van der Waals surface area contributed by atoms with Gasteiger partial charge < -0.3 is 4.74 Å². The second-order valence-electron chi connectivity index (χ2n) is 3.79. The van der Waals surface area contributed by atoms with Gasteiger partial charge in [-0.1, -0.05) is 34.1 Å². The van der Waals surface area contributed by atoms with Crippen LogP contribution in [0.3, 0.4) is 0 Å². The van der Waals surface area contributed by atoms with Gasteiger partial charge in [0.15, 0.2) is 0 Å². The van der Waals surface area contributed by atoms with Crippen LogP contribution in [-0.4, -0.2) is 0 Å². The average Bonchev–Trinajstić information content (AvgIpc) is 2.32. The largest absolute Gasteiger partial charge is 0.489 e. The van der Waals surface area contributed by atoms with Gasteiger partial charge in [0, 0.05) is 10.0 Å². The second-order valence-corrected chi connectivity index (χ2v) is 4.65. The third kappa shape index (κ3) is 3.07. The predicted octanol–water partition coefficient (Wildman–Crippen LogP) is 4.48. The van der Waals surface area contributed by atoms with Crippen LogP contribution >= 0.6 is 15.9 Å².